The van der Waals surface area contributed by atoms with E-state index >= 15 is 0 Å². The van der Waals surface area contributed by atoms with Crippen molar-refractivity contribution >= 4 is 190 Å². The van der Waals surface area contributed by atoms with Gasteiger partial charge >= 0.3 is 0 Å². The Kier molecular flexibility index (Phi) is 27.1. The number of anilines is 6. The SMILES string of the molecule is CC(=O)N(C)Cc1nc2c([nH]1)c(N)nc1cc(-n3cccn3)ccc12.CC(C)C(=O)NCc1nc2c([nH]1)c(N)nc1cc(-c3ccn[nH]3)ccc12.CCN(Cc1nc2c([nH]1)c(N)nc1cc(C)ccc12)C(C)=O.CCNCc1nc2c(N)nc3cc(-c4ccn[nH]4)ccc3c2n1C.CCNCc1nc2c([nH]1)c(N)nc1cc(-c3ccn[nH]3)ccc12.Nc1nc2cc(-c3ccn[nH]3)ccc2c2nc(CNC(=O)C3CC3)[nH]c12. The van der Waals surface area contributed by atoms with Gasteiger partial charge in [0.25, 0.3) is 0 Å². The molecule has 24 rings (SSSR count). The van der Waals surface area contributed by atoms with E-state index in [4.69, 9.17) is 34.4 Å². The van der Waals surface area contributed by atoms with Gasteiger partial charge in [-0.1, -0.05) is 64.1 Å². The number of hydrogen-bond donors (Lipinski definition) is 19. The molecule has 1 saturated carbocycles. The van der Waals surface area contributed by atoms with Crippen molar-refractivity contribution in [1.82, 2.24) is 171 Å². The minimum atomic E-state index is -0.0761. The number of aromatic amines is 9. The van der Waals surface area contributed by atoms with E-state index in [2.05, 4.69) is 182 Å². The summed E-state index contributed by atoms with van der Waals surface area (Å²) in [6.07, 6.45) is 12.4. The van der Waals surface area contributed by atoms with Gasteiger partial charge in [-0.05, 0) is 148 Å². The highest BCUT2D eigenvalue weighted by Crippen LogP contribution is 2.38. The van der Waals surface area contributed by atoms with E-state index in [-0.39, 0.29) is 35.5 Å². The molecule has 0 unspecified atom stereocenters. The van der Waals surface area contributed by atoms with E-state index < -0.39 is 0 Å². The highest BCUT2D eigenvalue weighted by Gasteiger charge is 2.30. The second kappa shape index (κ2) is 41.2. The third-order valence-electron chi connectivity index (χ3n) is 25.1. The van der Waals surface area contributed by atoms with Crippen LogP contribution in [0.4, 0.5) is 34.9 Å². The molecule has 0 atom stereocenters. The predicted octanol–water partition coefficient (Wildman–Crippen LogP) is 13.1. The Hall–Kier alpha value is -18.8. The Morgan fingerprint density at radius 1 is 0.418 bits per heavy atom. The highest BCUT2D eigenvalue weighted by atomic mass is 16.2. The number of aromatic nitrogens is 28. The van der Waals surface area contributed by atoms with E-state index in [1.807, 2.05) is 168 Å². The van der Waals surface area contributed by atoms with Gasteiger partial charge in [0, 0.05) is 138 Å². The lowest BCUT2D eigenvalue weighted by Crippen LogP contribution is -2.28. The third kappa shape index (κ3) is 20.2. The number of amides is 4. The fraction of sp³-hybridized carbons (Fsp3) is 0.225. The van der Waals surface area contributed by atoms with Gasteiger partial charge in [-0.25, -0.2) is 64.5 Å². The maximum absolute atomic E-state index is 11.8. The minimum absolute atomic E-state index is 0.0226. The number of carbonyl (C=O) groups excluding carboxylic acids is 4. The summed E-state index contributed by atoms with van der Waals surface area (Å²) < 4.78 is 3.85. The number of nitrogen functional groups attached to an aromatic ring is 6. The molecule has 0 spiro atoms. The number of pyridine rings is 6. The van der Waals surface area contributed by atoms with E-state index in [0.717, 1.165) is 209 Å². The van der Waals surface area contributed by atoms with Crippen molar-refractivity contribution < 1.29 is 19.2 Å². The van der Waals surface area contributed by atoms with Crippen LogP contribution >= 0.6 is 0 Å². The summed E-state index contributed by atoms with van der Waals surface area (Å²) >= 11 is 0. The van der Waals surface area contributed by atoms with Crippen LogP contribution in [0.2, 0.25) is 0 Å². The van der Waals surface area contributed by atoms with Crippen LogP contribution in [0.5, 0.6) is 0 Å². The van der Waals surface area contributed by atoms with Gasteiger partial charge in [-0.2, -0.15) is 25.5 Å². The Labute approximate surface area is 831 Å². The van der Waals surface area contributed by atoms with Crippen LogP contribution in [0.1, 0.15) is 102 Å². The van der Waals surface area contributed by atoms with Crippen molar-refractivity contribution in [2.75, 3.05) is 61.1 Å². The average molecular weight is 1960 g/mol. The molecule has 0 bridgehead atoms. The van der Waals surface area contributed by atoms with E-state index in [9.17, 15) is 19.2 Å². The van der Waals surface area contributed by atoms with Crippen molar-refractivity contribution in [2.45, 2.75) is 108 Å². The molecule has 1 aliphatic carbocycles. The second-order valence-electron chi connectivity index (χ2n) is 35.6. The van der Waals surface area contributed by atoms with Crippen molar-refractivity contribution in [2.24, 2.45) is 18.9 Å². The molecule has 740 valence electrons. The molecule has 4 amide bonds. The van der Waals surface area contributed by atoms with Crippen molar-refractivity contribution in [3.63, 3.8) is 0 Å². The lowest BCUT2D eigenvalue weighted by atomic mass is 10.1. The maximum Gasteiger partial charge on any atom is 0.223 e. The van der Waals surface area contributed by atoms with Gasteiger partial charge < -0.3 is 95.0 Å². The van der Waals surface area contributed by atoms with Crippen LogP contribution in [-0.2, 0) is 65.5 Å². The highest BCUT2D eigenvalue weighted by molar-refractivity contribution is 6.12. The molecule has 0 aliphatic heterocycles. The molecule has 6 aromatic carbocycles. The third-order valence-corrected chi connectivity index (χ3v) is 25.1. The molecule has 25 N–H and O–H groups in total. The monoisotopic (exact) mass is 1960 g/mol. The molecule has 44 nitrogen and oxygen atoms in total. The summed E-state index contributed by atoms with van der Waals surface area (Å²) in [6.45, 7) is 20.2. The van der Waals surface area contributed by atoms with Crippen molar-refractivity contribution in [3.05, 3.63) is 217 Å². The first-order valence-corrected chi connectivity index (χ1v) is 47.5. The number of nitrogens with one attached hydrogen (secondary N) is 13. The number of rotatable bonds is 22. The fourth-order valence-electron chi connectivity index (χ4n) is 17.1. The minimum Gasteiger partial charge on any atom is -0.382 e. The van der Waals surface area contributed by atoms with Gasteiger partial charge in [0.15, 0.2) is 5.82 Å². The number of carbonyl (C=O) groups is 4. The lowest BCUT2D eigenvalue weighted by molar-refractivity contribution is -0.129. The van der Waals surface area contributed by atoms with Crippen molar-refractivity contribution in [3.8, 4) is 50.7 Å². The molecule has 1 fully saturated rings. The normalized spacial score (nSPS) is 11.9. The average Bonchev–Trinajstić information content (AvgIpc) is 1.58. The smallest absolute Gasteiger partial charge is 0.223 e. The van der Waals surface area contributed by atoms with Gasteiger partial charge in [0.1, 0.15) is 125 Å². The number of nitrogens with zero attached hydrogens (tertiary/aromatic N) is 21. The Bertz CT molecular complexity index is 8600. The maximum atomic E-state index is 11.8. The lowest BCUT2D eigenvalue weighted by Gasteiger charge is -2.16. The first kappa shape index (κ1) is 96.1. The van der Waals surface area contributed by atoms with Crippen LogP contribution in [0.15, 0.2) is 177 Å². The molecule has 44 heteroatoms. The Morgan fingerprint density at radius 3 is 1.21 bits per heavy atom. The molecular formula is C102H108N40O4. The number of hydrogen-bond acceptors (Lipinski definition) is 29. The summed E-state index contributed by atoms with van der Waals surface area (Å²) in [5.41, 5.74) is 60.5. The summed E-state index contributed by atoms with van der Waals surface area (Å²) in [6, 6.07) is 45.4. The summed E-state index contributed by atoms with van der Waals surface area (Å²) in [5.74, 6) is 7.17. The van der Waals surface area contributed by atoms with E-state index in [1.165, 1.54) is 6.92 Å². The molecular weight excluding hydrogens is 1850 g/mol. The first-order chi connectivity index (χ1) is 70.7. The van der Waals surface area contributed by atoms with Crippen LogP contribution < -0.4 is 55.7 Å². The standard InChI is InChI=1S/C18H17N7O.C18H19N7O.C17H17N7O.C17H19N7.C16H17N7.C16H19N5O/c19-17-16-15(23-14(24-16)8-20-18(26)9-1-2-9)11-4-3-10(7-13(11)22-17)12-5-6-21-25-12;1-9(2)18(26)20-8-14-23-15-11-4-3-10(12-5-6-21-25-12)7-13(11)22-17(19)16(15)24-14;1-10(25)23(2)9-14-21-15-12-5-4-11(24-7-3-6-19-24)8-13(12)20-17(18)16(15)22-14;1-3-19-9-14-22-15-16(24(14)2)11-5-4-10(12-6-7-20-23-12)8-13(11)21-17(15)18;1-2-18-8-13-21-14-10-4-3-9(11-5-6-19-23-11)7-12(10)20-16(17)15(14)22-13;1-4-21(10(3)22)8-13-19-14-11-6-5-9(2)7-12(11)18-16(17)15(14)20-13/h3-7,9H,1-2,8H2,(H2,19,22)(H,20,26)(H,21,25)(H,23,24);3-7,9H,8H2,1-2H3,(H2,19,22)(H,20,26)(H,21,25)(H,23,24);3-8H,9H2,1-2H3,(H2,18,20)(H,21,22);4-8,19H,3,9H2,1-2H3,(H2,18,21)(H,20,23);3-7,18H,2,8H2,1H3,(H2,17,20)(H,19,23)(H,21,22);5-7H,4,8H2,1-3H3,(H2,17,18)(H,19,20). The molecule has 17 aromatic heterocycles. The zero-order chi connectivity index (χ0) is 102. The molecule has 23 aromatic rings. The molecule has 0 radical (unpaired) electrons. The van der Waals surface area contributed by atoms with Gasteiger partial charge in [0.05, 0.1) is 106 Å². The zero-order valence-corrected chi connectivity index (χ0v) is 81.7. The van der Waals surface area contributed by atoms with Gasteiger partial charge in [-0.3, -0.25) is 39.6 Å². The van der Waals surface area contributed by atoms with Crippen LogP contribution in [0.3, 0.4) is 0 Å². The first-order valence-electron chi connectivity index (χ1n) is 47.5. The Balaban J connectivity index is 0.000000111. The zero-order valence-electron chi connectivity index (χ0n) is 81.7. The Morgan fingerprint density at radius 2 is 0.801 bits per heavy atom. The quantitative estimate of drug-likeness (QED) is 0.0300. The molecule has 17 heterocycles. The number of fused-ring (bicyclic) bond motifs is 18. The van der Waals surface area contributed by atoms with Gasteiger partial charge in [0.2, 0.25) is 23.6 Å². The van der Waals surface area contributed by atoms with Crippen LogP contribution in [0, 0.1) is 18.8 Å². The molecule has 146 heavy (non-hydrogen) atoms. The number of nitrogens with two attached hydrogens (primary N) is 6. The molecule has 0 saturated heterocycles. The molecule has 1 aliphatic rings. The predicted molar refractivity (Wildman–Crippen MR) is 567 cm³/mol. The number of H-pyrrole nitrogens is 9. The largest absolute Gasteiger partial charge is 0.382 e. The number of aryl methyl sites for hydroxylation is 2. The van der Waals surface area contributed by atoms with E-state index in [0.29, 0.717) is 121 Å². The second-order valence-corrected chi connectivity index (χ2v) is 35.6. The number of benzene rings is 6. The summed E-state index contributed by atoms with van der Waals surface area (Å²) in [7, 11) is 3.75. The number of imidazole rings is 6. The van der Waals surface area contributed by atoms with Crippen molar-refractivity contribution in [1.29, 1.82) is 0 Å². The fourth-order valence-corrected chi connectivity index (χ4v) is 17.1. The van der Waals surface area contributed by atoms with Crippen LogP contribution in [-0.4, -0.2) is 200 Å². The summed E-state index contributed by atoms with van der Waals surface area (Å²) in [5, 5.41) is 50.0. The summed E-state index contributed by atoms with van der Waals surface area (Å²) in [4.78, 5) is 121. The van der Waals surface area contributed by atoms with E-state index in [1.54, 1.807) is 59.4 Å². The topological polar surface area (TPSA) is 650 Å². The van der Waals surface area contributed by atoms with Gasteiger partial charge in [-0.15, -0.1) is 0 Å². The van der Waals surface area contributed by atoms with Crippen LogP contribution in [0.25, 0.3) is 182 Å².